The van der Waals surface area contributed by atoms with Gasteiger partial charge in [0.2, 0.25) is 0 Å². The number of hydrogen-bond donors (Lipinski definition) is 1. The number of nitrogens with one attached hydrogen (secondary N) is 1. The minimum atomic E-state index is -0.149. The SMILES string of the molecule is COC(=O)C(NCCC1CCCCC1)C(C)C. The predicted molar refractivity (Wildman–Crippen MR) is 69.8 cm³/mol. The normalized spacial score (nSPS) is 19.3. The first-order valence-corrected chi connectivity index (χ1v) is 6.96. The van der Waals surface area contributed by atoms with Crippen LogP contribution in [0.15, 0.2) is 0 Å². The maximum absolute atomic E-state index is 11.6. The van der Waals surface area contributed by atoms with Crippen LogP contribution in [-0.2, 0) is 9.53 Å². The molecular weight excluding hydrogens is 214 g/mol. The average Bonchev–Trinajstić information content (AvgIpc) is 2.34. The van der Waals surface area contributed by atoms with Crippen LogP contribution in [0.25, 0.3) is 0 Å². The van der Waals surface area contributed by atoms with Crippen LogP contribution in [0.4, 0.5) is 0 Å². The van der Waals surface area contributed by atoms with Gasteiger partial charge >= 0.3 is 5.97 Å². The molecule has 1 saturated carbocycles. The molecule has 0 aromatic heterocycles. The summed E-state index contributed by atoms with van der Waals surface area (Å²) in [6.07, 6.45) is 8.10. The maximum atomic E-state index is 11.6. The molecule has 1 aliphatic rings. The predicted octanol–water partition coefficient (Wildman–Crippen LogP) is 2.74. The van der Waals surface area contributed by atoms with E-state index in [4.69, 9.17) is 4.74 Å². The smallest absolute Gasteiger partial charge is 0.323 e. The second-order valence-corrected chi connectivity index (χ2v) is 5.49. The highest BCUT2D eigenvalue weighted by molar-refractivity contribution is 5.75. The fourth-order valence-corrected chi connectivity index (χ4v) is 2.64. The van der Waals surface area contributed by atoms with Gasteiger partial charge in [-0.15, -0.1) is 0 Å². The van der Waals surface area contributed by atoms with Gasteiger partial charge in [0.1, 0.15) is 6.04 Å². The van der Waals surface area contributed by atoms with Crippen LogP contribution in [0.5, 0.6) is 0 Å². The minimum absolute atomic E-state index is 0.136. The van der Waals surface area contributed by atoms with Gasteiger partial charge in [-0.3, -0.25) is 4.79 Å². The lowest BCUT2D eigenvalue weighted by molar-refractivity contribution is -0.144. The summed E-state index contributed by atoms with van der Waals surface area (Å²) < 4.78 is 4.81. The van der Waals surface area contributed by atoms with E-state index in [2.05, 4.69) is 19.2 Å². The van der Waals surface area contributed by atoms with Gasteiger partial charge in [0.25, 0.3) is 0 Å². The summed E-state index contributed by atoms with van der Waals surface area (Å²) >= 11 is 0. The van der Waals surface area contributed by atoms with Crippen molar-refractivity contribution in [2.24, 2.45) is 11.8 Å². The Morgan fingerprint density at radius 1 is 1.29 bits per heavy atom. The Bertz CT molecular complexity index is 222. The molecule has 1 fully saturated rings. The molecule has 1 aliphatic carbocycles. The third kappa shape index (κ3) is 5.07. The van der Waals surface area contributed by atoms with E-state index in [0.717, 1.165) is 12.5 Å². The van der Waals surface area contributed by atoms with E-state index in [0.29, 0.717) is 0 Å². The van der Waals surface area contributed by atoms with Crippen LogP contribution in [0.3, 0.4) is 0 Å². The topological polar surface area (TPSA) is 38.3 Å². The Morgan fingerprint density at radius 3 is 2.47 bits per heavy atom. The fourth-order valence-electron chi connectivity index (χ4n) is 2.64. The second-order valence-electron chi connectivity index (χ2n) is 5.49. The first-order chi connectivity index (χ1) is 8.15. The van der Waals surface area contributed by atoms with Crippen molar-refractivity contribution in [2.45, 2.75) is 58.4 Å². The summed E-state index contributed by atoms with van der Waals surface area (Å²) in [6, 6.07) is -0.149. The number of rotatable bonds is 6. The van der Waals surface area contributed by atoms with Gasteiger partial charge in [-0.25, -0.2) is 0 Å². The Hall–Kier alpha value is -0.570. The molecule has 1 atom stereocenters. The molecule has 17 heavy (non-hydrogen) atoms. The third-order valence-electron chi connectivity index (χ3n) is 3.76. The number of hydrogen-bond acceptors (Lipinski definition) is 3. The number of carbonyl (C=O) groups is 1. The fraction of sp³-hybridized carbons (Fsp3) is 0.929. The van der Waals surface area contributed by atoms with Gasteiger partial charge in [0.05, 0.1) is 7.11 Å². The Labute approximate surface area is 105 Å². The maximum Gasteiger partial charge on any atom is 0.323 e. The lowest BCUT2D eigenvalue weighted by atomic mass is 9.87. The van der Waals surface area contributed by atoms with E-state index in [1.807, 2.05) is 0 Å². The van der Waals surface area contributed by atoms with Crippen molar-refractivity contribution < 1.29 is 9.53 Å². The lowest BCUT2D eigenvalue weighted by Crippen LogP contribution is -2.42. The zero-order chi connectivity index (χ0) is 12.7. The molecule has 0 heterocycles. The van der Waals surface area contributed by atoms with Crippen molar-refractivity contribution >= 4 is 5.97 Å². The monoisotopic (exact) mass is 241 g/mol. The van der Waals surface area contributed by atoms with Gasteiger partial charge in [-0.1, -0.05) is 46.0 Å². The Morgan fingerprint density at radius 2 is 1.94 bits per heavy atom. The molecule has 3 nitrogen and oxygen atoms in total. The van der Waals surface area contributed by atoms with E-state index in [-0.39, 0.29) is 17.9 Å². The number of methoxy groups -OCH3 is 1. The zero-order valence-electron chi connectivity index (χ0n) is 11.5. The molecule has 0 bridgehead atoms. The van der Waals surface area contributed by atoms with E-state index in [9.17, 15) is 4.79 Å². The highest BCUT2D eigenvalue weighted by atomic mass is 16.5. The average molecular weight is 241 g/mol. The molecule has 0 radical (unpaired) electrons. The van der Waals surface area contributed by atoms with Crippen LogP contribution in [0.2, 0.25) is 0 Å². The van der Waals surface area contributed by atoms with Crippen molar-refractivity contribution in [1.82, 2.24) is 5.32 Å². The summed E-state index contributed by atoms with van der Waals surface area (Å²) in [7, 11) is 1.46. The van der Waals surface area contributed by atoms with Gasteiger partial charge in [0.15, 0.2) is 0 Å². The number of carbonyl (C=O) groups excluding carboxylic acids is 1. The van der Waals surface area contributed by atoms with Crippen molar-refractivity contribution in [3.05, 3.63) is 0 Å². The molecule has 3 heteroatoms. The Kier molecular flexibility index (Phi) is 6.56. The summed E-state index contributed by atoms with van der Waals surface area (Å²) in [5.74, 6) is 1.01. The van der Waals surface area contributed by atoms with Gasteiger partial charge in [-0.05, 0) is 24.8 Å². The number of ether oxygens (including phenoxy) is 1. The summed E-state index contributed by atoms with van der Waals surface area (Å²) in [6.45, 7) is 5.03. The second kappa shape index (κ2) is 7.70. The minimum Gasteiger partial charge on any atom is -0.468 e. The molecule has 1 unspecified atom stereocenters. The molecule has 0 aromatic carbocycles. The lowest BCUT2D eigenvalue weighted by Gasteiger charge is -2.24. The highest BCUT2D eigenvalue weighted by Crippen LogP contribution is 2.25. The van der Waals surface area contributed by atoms with E-state index in [1.165, 1.54) is 45.6 Å². The van der Waals surface area contributed by atoms with E-state index >= 15 is 0 Å². The Balaban J connectivity index is 2.24. The van der Waals surface area contributed by atoms with Crippen molar-refractivity contribution in [3.63, 3.8) is 0 Å². The van der Waals surface area contributed by atoms with Gasteiger partial charge in [-0.2, -0.15) is 0 Å². The number of esters is 1. The van der Waals surface area contributed by atoms with Gasteiger partial charge < -0.3 is 10.1 Å². The molecule has 100 valence electrons. The van der Waals surface area contributed by atoms with Crippen molar-refractivity contribution in [3.8, 4) is 0 Å². The van der Waals surface area contributed by atoms with Crippen molar-refractivity contribution in [2.75, 3.05) is 13.7 Å². The molecule has 0 aromatic rings. The summed E-state index contributed by atoms with van der Waals surface area (Å²) in [5.41, 5.74) is 0. The highest BCUT2D eigenvalue weighted by Gasteiger charge is 2.22. The van der Waals surface area contributed by atoms with Gasteiger partial charge in [0, 0.05) is 0 Å². The molecule has 0 spiro atoms. The zero-order valence-corrected chi connectivity index (χ0v) is 11.5. The first kappa shape index (κ1) is 14.5. The molecule has 0 aliphatic heterocycles. The molecule has 1 N–H and O–H groups in total. The molecule has 0 amide bonds. The standard InChI is InChI=1S/C14H27NO2/c1-11(2)13(14(16)17-3)15-10-9-12-7-5-4-6-8-12/h11-13,15H,4-10H2,1-3H3. The molecular formula is C14H27NO2. The van der Waals surface area contributed by atoms with E-state index < -0.39 is 0 Å². The molecule has 1 rings (SSSR count). The van der Waals surface area contributed by atoms with Crippen LogP contribution < -0.4 is 5.32 Å². The molecule has 0 saturated heterocycles. The summed E-state index contributed by atoms with van der Waals surface area (Å²) in [5, 5.41) is 3.34. The van der Waals surface area contributed by atoms with Crippen LogP contribution in [0.1, 0.15) is 52.4 Å². The van der Waals surface area contributed by atoms with Crippen LogP contribution in [0, 0.1) is 11.8 Å². The largest absolute Gasteiger partial charge is 0.468 e. The van der Waals surface area contributed by atoms with Crippen LogP contribution >= 0.6 is 0 Å². The summed E-state index contributed by atoms with van der Waals surface area (Å²) in [4.78, 5) is 11.6. The quantitative estimate of drug-likeness (QED) is 0.727. The van der Waals surface area contributed by atoms with E-state index in [1.54, 1.807) is 0 Å². The first-order valence-electron chi connectivity index (χ1n) is 6.96. The third-order valence-corrected chi connectivity index (χ3v) is 3.76. The van der Waals surface area contributed by atoms with Crippen LogP contribution in [-0.4, -0.2) is 25.7 Å². The van der Waals surface area contributed by atoms with Crippen molar-refractivity contribution in [1.29, 1.82) is 0 Å².